The van der Waals surface area contributed by atoms with E-state index in [9.17, 15) is 0 Å². The zero-order chi connectivity index (χ0) is 11.5. The van der Waals surface area contributed by atoms with Gasteiger partial charge in [0.1, 0.15) is 0 Å². The molecule has 90 valence electrons. The smallest absolute Gasteiger partial charge is 0.0739 e. The van der Waals surface area contributed by atoms with Crippen LogP contribution < -0.4 is 5.32 Å². The van der Waals surface area contributed by atoms with E-state index in [1.165, 1.54) is 18.4 Å². The van der Waals surface area contributed by atoms with Gasteiger partial charge in [0.15, 0.2) is 0 Å². The number of nitrogens with one attached hydrogen (secondary N) is 1. The van der Waals surface area contributed by atoms with Crippen LogP contribution in [-0.2, 0) is 17.8 Å². The minimum absolute atomic E-state index is 0.212. The van der Waals surface area contributed by atoms with Crippen LogP contribution in [0.25, 0.3) is 0 Å². The van der Waals surface area contributed by atoms with E-state index >= 15 is 0 Å². The molecule has 1 atom stereocenters. The topological polar surface area (TPSA) is 39.1 Å². The summed E-state index contributed by atoms with van der Waals surface area (Å²) in [6, 6.07) is 0.751. The van der Waals surface area contributed by atoms with Crippen molar-refractivity contribution in [3.63, 3.8) is 0 Å². The molecule has 0 spiro atoms. The number of aryl methyl sites for hydroxylation is 1. The molecule has 0 radical (unpaired) electrons. The van der Waals surface area contributed by atoms with Crippen LogP contribution in [0.1, 0.15) is 31.0 Å². The van der Waals surface area contributed by atoms with Gasteiger partial charge in [-0.2, -0.15) is 5.10 Å². The van der Waals surface area contributed by atoms with Gasteiger partial charge in [0, 0.05) is 31.5 Å². The van der Waals surface area contributed by atoms with Crippen LogP contribution in [-0.4, -0.2) is 29.0 Å². The first-order valence-electron chi connectivity index (χ1n) is 5.98. The summed E-state index contributed by atoms with van der Waals surface area (Å²) < 4.78 is 7.21. The summed E-state index contributed by atoms with van der Waals surface area (Å²) in [6.45, 7) is 5.88. The molecule has 1 aliphatic carbocycles. The Morgan fingerprint density at radius 2 is 2.38 bits per heavy atom. The second-order valence-corrected chi connectivity index (χ2v) is 4.66. The van der Waals surface area contributed by atoms with Crippen molar-refractivity contribution >= 4 is 0 Å². The molecule has 1 aliphatic rings. The molecule has 2 rings (SSSR count). The van der Waals surface area contributed by atoms with Crippen LogP contribution >= 0.6 is 0 Å². The molecular formula is C12H21N3O. The first-order chi connectivity index (χ1) is 7.69. The first-order valence-corrected chi connectivity index (χ1v) is 5.98. The fourth-order valence-corrected chi connectivity index (χ4v) is 1.71. The normalized spacial score (nSPS) is 17.7. The van der Waals surface area contributed by atoms with Gasteiger partial charge in [-0.05, 0) is 26.7 Å². The molecule has 0 aromatic carbocycles. The van der Waals surface area contributed by atoms with Gasteiger partial charge in [-0.1, -0.05) is 0 Å². The van der Waals surface area contributed by atoms with Crippen molar-refractivity contribution in [2.75, 3.05) is 7.11 Å². The average Bonchev–Trinajstić information content (AvgIpc) is 3.01. The molecule has 4 nitrogen and oxygen atoms in total. The van der Waals surface area contributed by atoms with Crippen molar-refractivity contribution in [3.8, 4) is 0 Å². The van der Waals surface area contributed by atoms with Crippen LogP contribution in [0.5, 0.6) is 0 Å². The Kier molecular flexibility index (Phi) is 3.61. The van der Waals surface area contributed by atoms with Gasteiger partial charge >= 0.3 is 0 Å². The third-order valence-corrected chi connectivity index (χ3v) is 3.05. The second-order valence-electron chi connectivity index (χ2n) is 4.66. The quantitative estimate of drug-likeness (QED) is 0.794. The fourth-order valence-electron chi connectivity index (χ4n) is 1.71. The number of methoxy groups -OCH3 is 1. The third-order valence-electron chi connectivity index (χ3n) is 3.05. The highest BCUT2D eigenvalue weighted by atomic mass is 16.5. The van der Waals surface area contributed by atoms with Crippen LogP contribution in [0, 0.1) is 6.92 Å². The van der Waals surface area contributed by atoms with E-state index in [1.54, 1.807) is 7.11 Å². The lowest BCUT2D eigenvalue weighted by Crippen LogP contribution is -2.16. The van der Waals surface area contributed by atoms with Crippen LogP contribution in [0.15, 0.2) is 6.20 Å². The van der Waals surface area contributed by atoms with Crippen molar-refractivity contribution in [1.29, 1.82) is 0 Å². The summed E-state index contributed by atoms with van der Waals surface area (Å²) in [6.07, 6.45) is 4.99. The van der Waals surface area contributed by atoms with E-state index in [0.717, 1.165) is 24.8 Å². The maximum Gasteiger partial charge on any atom is 0.0739 e. The summed E-state index contributed by atoms with van der Waals surface area (Å²) in [5.41, 5.74) is 2.42. The van der Waals surface area contributed by atoms with Gasteiger partial charge in [0.05, 0.1) is 18.3 Å². The maximum atomic E-state index is 5.23. The lowest BCUT2D eigenvalue weighted by atomic mass is 10.2. The van der Waals surface area contributed by atoms with E-state index in [4.69, 9.17) is 4.74 Å². The molecule has 0 amide bonds. The molecule has 4 heteroatoms. The van der Waals surface area contributed by atoms with E-state index in [1.807, 2.05) is 4.68 Å². The minimum Gasteiger partial charge on any atom is -0.380 e. The monoisotopic (exact) mass is 223 g/mol. The molecule has 1 unspecified atom stereocenters. The highest BCUT2D eigenvalue weighted by Crippen LogP contribution is 2.19. The maximum absolute atomic E-state index is 5.23. The van der Waals surface area contributed by atoms with Crippen molar-refractivity contribution in [1.82, 2.24) is 15.1 Å². The molecule has 1 N–H and O–H groups in total. The van der Waals surface area contributed by atoms with E-state index in [2.05, 4.69) is 30.5 Å². The van der Waals surface area contributed by atoms with Crippen LogP contribution in [0.3, 0.4) is 0 Å². The Balaban J connectivity index is 1.91. The van der Waals surface area contributed by atoms with Gasteiger partial charge in [0.2, 0.25) is 0 Å². The number of ether oxygens (including phenoxy) is 1. The molecule has 0 saturated heterocycles. The fraction of sp³-hybridized carbons (Fsp3) is 0.750. The summed E-state index contributed by atoms with van der Waals surface area (Å²) in [5.74, 6) is 0. The van der Waals surface area contributed by atoms with Gasteiger partial charge < -0.3 is 10.1 Å². The molecule has 1 saturated carbocycles. The zero-order valence-corrected chi connectivity index (χ0v) is 10.4. The molecule has 1 heterocycles. The van der Waals surface area contributed by atoms with Crippen LogP contribution in [0.2, 0.25) is 0 Å². The molecule has 1 aromatic heterocycles. The SMILES string of the molecule is COC(C)Cn1cc(CNC2CC2)c(C)n1. The molecule has 1 aromatic rings. The predicted octanol–water partition coefficient (Wildman–Crippen LogP) is 1.48. The number of hydrogen-bond acceptors (Lipinski definition) is 3. The predicted molar refractivity (Wildman–Crippen MR) is 63.3 cm³/mol. The van der Waals surface area contributed by atoms with E-state index < -0.39 is 0 Å². The minimum atomic E-state index is 0.212. The number of rotatable bonds is 6. The van der Waals surface area contributed by atoms with Crippen molar-refractivity contribution in [3.05, 3.63) is 17.5 Å². The number of hydrogen-bond donors (Lipinski definition) is 1. The Morgan fingerprint density at radius 3 is 3.00 bits per heavy atom. The highest BCUT2D eigenvalue weighted by molar-refractivity contribution is 5.15. The molecular weight excluding hydrogens is 202 g/mol. The van der Waals surface area contributed by atoms with Gasteiger partial charge in [0.25, 0.3) is 0 Å². The van der Waals surface area contributed by atoms with E-state index in [-0.39, 0.29) is 6.10 Å². The zero-order valence-electron chi connectivity index (χ0n) is 10.4. The van der Waals surface area contributed by atoms with Crippen molar-refractivity contribution in [2.24, 2.45) is 0 Å². The standard InChI is InChI=1S/C12H21N3O/c1-9(16-3)7-15-8-11(10(2)14-15)6-13-12-4-5-12/h8-9,12-13H,4-7H2,1-3H3. The Hall–Kier alpha value is -0.870. The highest BCUT2D eigenvalue weighted by Gasteiger charge is 2.20. The summed E-state index contributed by atoms with van der Waals surface area (Å²) >= 11 is 0. The molecule has 16 heavy (non-hydrogen) atoms. The molecule has 0 bridgehead atoms. The van der Waals surface area contributed by atoms with Crippen LogP contribution in [0.4, 0.5) is 0 Å². The summed E-state index contributed by atoms with van der Waals surface area (Å²) in [7, 11) is 1.73. The average molecular weight is 223 g/mol. The summed E-state index contributed by atoms with van der Waals surface area (Å²) in [5, 5.41) is 8.00. The number of nitrogens with zero attached hydrogens (tertiary/aromatic N) is 2. The van der Waals surface area contributed by atoms with Gasteiger partial charge in [-0.25, -0.2) is 0 Å². The Bertz CT molecular complexity index is 344. The lowest BCUT2D eigenvalue weighted by Gasteiger charge is -2.08. The van der Waals surface area contributed by atoms with Crippen molar-refractivity contribution < 1.29 is 4.74 Å². The van der Waals surface area contributed by atoms with E-state index in [0.29, 0.717) is 0 Å². The largest absolute Gasteiger partial charge is 0.380 e. The third kappa shape index (κ3) is 3.06. The van der Waals surface area contributed by atoms with Gasteiger partial charge in [-0.15, -0.1) is 0 Å². The summed E-state index contributed by atoms with van der Waals surface area (Å²) in [4.78, 5) is 0. The second kappa shape index (κ2) is 4.97. The molecule has 1 fully saturated rings. The number of aromatic nitrogens is 2. The van der Waals surface area contributed by atoms with Crippen molar-refractivity contribution in [2.45, 2.75) is 51.9 Å². The Morgan fingerprint density at radius 1 is 1.62 bits per heavy atom. The van der Waals surface area contributed by atoms with Gasteiger partial charge in [-0.3, -0.25) is 4.68 Å². The Labute approximate surface area is 97.0 Å². The first kappa shape index (κ1) is 11.6. The molecule has 0 aliphatic heterocycles. The lowest BCUT2D eigenvalue weighted by molar-refractivity contribution is 0.0997.